The molecule has 2 amide bonds. The van der Waals surface area contributed by atoms with Gasteiger partial charge in [-0.25, -0.2) is 0 Å². The van der Waals surface area contributed by atoms with E-state index in [4.69, 9.17) is 0 Å². The molecule has 1 saturated heterocycles. The number of likely N-dealkylation sites (tertiary alicyclic amines) is 1. The lowest BCUT2D eigenvalue weighted by Crippen LogP contribution is -2.36. The summed E-state index contributed by atoms with van der Waals surface area (Å²) < 4.78 is 0. The van der Waals surface area contributed by atoms with Gasteiger partial charge < -0.3 is 10.2 Å². The second-order valence-corrected chi connectivity index (χ2v) is 5.56. The standard InChI is InChI=1S/C15H21N3O2/c1-10(2)18-9-13(7-14(18)19)15(20)17-11(3)12-5-4-6-16-8-12/h4-6,8,10-11,13H,7,9H2,1-3H3,(H,17,20)/t11-,13+/m0/s1. The number of carbonyl (C=O) groups excluding carboxylic acids is 2. The maximum Gasteiger partial charge on any atom is 0.225 e. The van der Waals surface area contributed by atoms with Gasteiger partial charge in [-0.1, -0.05) is 6.07 Å². The molecule has 1 aliphatic heterocycles. The molecule has 0 aliphatic carbocycles. The van der Waals surface area contributed by atoms with Crippen molar-refractivity contribution in [2.75, 3.05) is 6.54 Å². The molecule has 1 fully saturated rings. The highest BCUT2D eigenvalue weighted by molar-refractivity contribution is 5.89. The maximum atomic E-state index is 12.2. The molecule has 0 radical (unpaired) electrons. The molecule has 1 aromatic heterocycles. The van der Waals surface area contributed by atoms with Gasteiger partial charge in [-0.3, -0.25) is 14.6 Å². The van der Waals surface area contributed by atoms with Crippen LogP contribution in [0.3, 0.4) is 0 Å². The third kappa shape index (κ3) is 3.15. The number of hydrogen-bond acceptors (Lipinski definition) is 3. The smallest absolute Gasteiger partial charge is 0.225 e. The molecule has 0 spiro atoms. The number of aromatic nitrogens is 1. The Morgan fingerprint density at radius 1 is 1.45 bits per heavy atom. The van der Waals surface area contributed by atoms with Gasteiger partial charge in [0.1, 0.15) is 0 Å². The maximum absolute atomic E-state index is 12.2. The zero-order valence-corrected chi connectivity index (χ0v) is 12.2. The van der Waals surface area contributed by atoms with E-state index in [1.807, 2.05) is 32.9 Å². The minimum absolute atomic E-state index is 0.0575. The van der Waals surface area contributed by atoms with Gasteiger partial charge in [0.15, 0.2) is 0 Å². The number of hydrogen-bond donors (Lipinski definition) is 1. The van der Waals surface area contributed by atoms with E-state index in [1.165, 1.54) is 0 Å². The van der Waals surface area contributed by atoms with Crippen LogP contribution in [0, 0.1) is 5.92 Å². The minimum Gasteiger partial charge on any atom is -0.349 e. The first-order valence-electron chi connectivity index (χ1n) is 6.98. The van der Waals surface area contributed by atoms with Crippen LogP contribution in [0.1, 0.15) is 38.8 Å². The van der Waals surface area contributed by atoms with Gasteiger partial charge in [0.05, 0.1) is 12.0 Å². The predicted octanol–water partition coefficient (Wildman–Crippen LogP) is 1.52. The summed E-state index contributed by atoms with van der Waals surface area (Å²) in [6.45, 7) is 6.38. The lowest BCUT2D eigenvalue weighted by atomic mass is 10.1. The van der Waals surface area contributed by atoms with Gasteiger partial charge in [-0.05, 0) is 32.4 Å². The molecule has 1 aliphatic rings. The lowest BCUT2D eigenvalue weighted by Gasteiger charge is -2.21. The average Bonchev–Trinajstić information content (AvgIpc) is 2.82. The van der Waals surface area contributed by atoms with Crippen molar-refractivity contribution in [1.82, 2.24) is 15.2 Å². The fourth-order valence-electron chi connectivity index (χ4n) is 2.45. The summed E-state index contributed by atoms with van der Waals surface area (Å²) in [7, 11) is 0. The van der Waals surface area contributed by atoms with Crippen molar-refractivity contribution in [2.24, 2.45) is 5.92 Å². The molecule has 1 aromatic rings. The van der Waals surface area contributed by atoms with Crippen LogP contribution >= 0.6 is 0 Å². The fraction of sp³-hybridized carbons (Fsp3) is 0.533. The van der Waals surface area contributed by atoms with Gasteiger partial charge in [0.25, 0.3) is 0 Å². The Morgan fingerprint density at radius 2 is 2.20 bits per heavy atom. The SMILES string of the molecule is CC(C)N1C[C@H](C(=O)N[C@@H](C)c2cccnc2)CC1=O. The Balaban J connectivity index is 1.95. The number of pyridine rings is 1. The summed E-state index contributed by atoms with van der Waals surface area (Å²) >= 11 is 0. The van der Waals surface area contributed by atoms with Gasteiger partial charge in [0.2, 0.25) is 11.8 Å². The molecule has 2 heterocycles. The second kappa shape index (κ2) is 6.03. The molecule has 1 N–H and O–H groups in total. The molecule has 0 aromatic carbocycles. The highest BCUT2D eigenvalue weighted by Crippen LogP contribution is 2.21. The van der Waals surface area contributed by atoms with E-state index >= 15 is 0 Å². The van der Waals surface area contributed by atoms with E-state index in [1.54, 1.807) is 17.3 Å². The normalized spacial score (nSPS) is 20.3. The Labute approximate surface area is 119 Å². The number of nitrogens with one attached hydrogen (secondary N) is 1. The summed E-state index contributed by atoms with van der Waals surface area (Å²) in [5.41, 5.74) is 0.964. The Hall–Kier alpha value is -1.91. The van der Waals surface area contributed by atoms with Crippen LogP contribution in [0.4, 0.5) is 0 Å². The predicted molar refractivity (Wildman–Crippen MR) is 75.8 cm³/mol. The Morgan fingerprint density at radius 3 is 2.75 bits per heavy atom. The van der Waals surface area contributed by atoms with Crippen LogP contribution in [0.2, 0.25) is 0 Å². The van der Waals surface area contributed by atoms with E-state index in [2.05, 4.69) is 10.3 Å². The Bertz CT molecular complexity index is 487. The van der Waals surface area contributed by atoms with Crippen molar-refractivity contribution in [1.29, 1.82) is 0 Å². The third-order valence-electron chi connectivity index (χ3n) is 3.70. The van der Waals surface area contributed by atoms with Crippen molar-refractivity contribution in [2.45, 2.75) is 39.3 Å². The lowest BCUT2D eigenvalue weighted by molar-refractivity contribution is -0.130. The first kappa shape index (κ1) is 14.5. The number of rotatable bonds is 4. The van der Waals surface area contributed by atoms with Crippen molar-refractivity contribution in [3.63, 3.8) is 0 Å². The first-order valence-corrected chi connectivity index (χ1v) is 6.98. The van der Waals surface area contributed by atoms with Gasteiger partial charge >= 0.3 is 0 Å². The average molecular weight is 275 g/mol. The largest absolute Gasteiger partial charge is 0.349 e. The zero-order chi connectivity index (χ0) is 14.7. The highest BCUT2D eigenvalue weighted by atomic mass is 16.2. The quantitative estimate of drug-likeness (QED) is 0.906. The summed E-state index contributed by atoms with van der Waals surface area (Å²) in [5.74, 6) is -0.240. The summed E-state index contributed by atoms with van der Waals surface area (Å²) in [6, 6.07) is 3.82. The van der Waals surface area contributed by atoms with Gasteiger partial charge in [-0.15, -0.1) is 0 Å². The highest BCUT2D eigenvalue weighted by Gasteiger charge is 2.35. The second-order valence-electron chi connectivity index (χ2n) is 5.56. The van der Waals surface area contributed by atoms with Crippen LogP contribution in [-0.4, -0.2) is 34.3 Å². The van der Waals surface area contributed by atoms with Crippen LogP contribution in [0.25, 0.3) is 0 Å². The monoisotopic (exact) mass is 275 g/mol. The summed E-state index contributed by atoms with van der Waals surface area (Å²) in [4.78, 5) is 29.9. The van der Waals surface area contributed by atoms with E-state index in [-0.39, 0.29) is 29.8 Å². The van der Waals surface area contributed by atoms with Crippen LogP contribution in [0.15, 0.2) is 24.5 Å². The van der Waals surface area contributed by atoms with Gasteiger partial charge in [-0.2, -0.15) is 0 Å². The molecule has 108 valence electrons. The zero-order valence-electron chi connectivity index (χ0n) is 12.2. The Kier molecular flexibility index (Phi) is 4.37. The number of carbonyl (C=O) groups is 2. The van der Waals surface area contributed by atoms with E-state index < -0.39 is 0 Å². The molecule has 20 heavy (non-hydrogen) atoms. The summed E-state index contributed by atoms with van der Waals surface area (Å²) in [6.07, 6.45) is 3.75. The fourth-order valence-corrected chi connectivity index (χ4v) is 2.45. The first-order chi connectivity index (χ1) is 9.49. The van der Waals surface area contributed by atoms with Crippen LogP contribution in [0.5, 0.6) is 0 Å². The number of nitrogens with zero attached hydrogens (tertiary/aromatic N) is 2. The molecule has 5 heteroatoms. The van der Waals surface area contributed by atoms with Crippen molar-refractivity contribution in [3.8, 4) is 0 Å². The topological polar surface area (TPSA) is 62.3 Å². The van der Waals surface area contributed by atoms with Crippen molar-refractivity contribution < 1.29 is 9.59 Å². The van der Waals surface area contributed by atoms with Crippen molar-refractivity contribution >= 4 is 11.8 Å². The van der Waals surface area contributed by atoms with E-state index in [0.29, 0.717) is 13.0 Å². The molecular weight excluding hydrogens is 254 g/mol. The molecule has 2 atom stereocenters. The minimum atomic E-state index is -0.246. The molecular formula is C15H21N3O2. The van der Waals surface area contributed by atoms with Crippen LogP contribution < -0.4 is 5.32 Å². The molecule has 2 rings (SSSR count). The summed E-state index contributed by atoms with van der Waals surface area (Å²) in [5, 5.41) is 2.96. The van der Waals surface area contributed by atoms with Crippen LogP contribution in [-0.2, 0) is 9.59 Å². The van der Waals surface area contributed by atoms with Crippen molar-refractivity contribution in [3.05, 3.63) is 30.1 Å². The van der Waals surface area contributed by atoms with E-state index in [0.717, 1.165) is 5.56 Å². The molecule has 0 bridgehead atoms. The third-order valence-corrected chi connectivity index (χ3v) is 3.70. The van der Waals surface area contributed by atoms with E-state index in [9.17, 15) is 9.59 Å². The van der Waals surface area contributed by atoms with Gasteiger partial charge in [0, 0.05) is 31.4 Å². The molecule has 0 saturated carbocycles. The number of amides is 2. The molecule has 0 unspecified atom stereocenters. The molecule has 5 nitrogen and oxygen atoms in total.